The van der Waals surface area contributed by atoms with Crippen LogP contribution in [0.4, 0.5) is 5.82 Å². The van der Waals surface area contributed by atoms with Gasteiger partial charge < -0.3 is 26.6 Å². The third-order valence-corrected chi connectivity index (χ3v) is 5.81. The fraction of sp³-hybridized carbons (Fsp3) is 0.333. The van der Waals surface area contributed by atoms with Crippen LogP contribution >= 0.6 is 0 Å². The number of carbonyl (C=O) groups is 1. The molecule has 0 saturated carbocycles. The van der Waals surface area contributed by atoms with Gasteiger partial charge in [0.1, 0.15) is 11.6 Å². The summed E-state index contributed by atoms with van der Waals surface area (Å²) in [5.41, 5.74) is 9.76. The molecule has 0 radical (unpaired) electrons. The third-order valence-electron chi connectivity index (χ3n) is 5.81. The summed E-state index contributed by atoms with van der Waals surface area (Å²) in [7, 11) is 0. The van der Waals surface area contributed by atoms with Gasteiger partial charge in [0.2, 0.25) is 0 Å². The van der Waals surface area contributed by atoms with Gasteiger partial charge in [-0.2, -0.15) is 0 Å². The number of amides is 1. The highest BCUT2D eigenvalue weighted by molar-refractivity contribution is 5.94. The van der Waals surface area contributed by atoms with Gasteiger partial charge in [-0.25, -0.2) is 4.98 Å². The van der Waals surface area contributed by atoms with E-state index in [0.717, 1.165) is 16.7 Å². The summed E-state index contributed by atoms with van der Waals surface area (Å²) in [6, 6.07) is 16.3. The van der Waals surface area contributed by atoms with Gasteiger partial charge >= 0.3 is 0 Å². The number of aromatic hydroxyl groups is 1. The average molecular weight is 463 g/mol. The first-order chi connectivity index (χ1) is 16.1. The minimum atomic E-state index is -0.693. The van der Waals surface area contributed by atoms with Crippen LogP contribution in [0.25, 0.3) is 0 Å². The van der Waals surface area contributed by atoms with Crippen LogP contribution in [0.3, 0.4) is 0 Å². The molecular weight excluding hydrogens is 428 g/mol. The first-order valence-electron chi connectivity index (χ1n) is 11.4. The molecule has 2 aromatic carbocycles. The molecule has 0 aliphatic heterocycles. The Hall–Kier alpha value is -3.42. The number of benzene rings is 2. The van der Waals surface area contributed by atoms with E-state index in [0.29, 0.717) is 42.9 Å². The lowest BCUT2D eigenvalue weighted by Gasteiger charge is -2.28. The number of phenolic OH excluding ortho intramolecular Hbond substituents is 1. The number of aryl methyl sites for hydroxylation is 1. The standard InChI is InChI=1S/C27H34N4O3/c1-18-13-23(32)9-7-20(18)11-12-29-26(34)21-6-4-5-19(14-21)15-27(2,3)31-17-24(33)22-8-10-25(28)30-16-22/h4-10,13-14,16,24,31-33H,11-12,15,17H2,1-3H3,(H2,28,30)(H,29,34)/t24-/m1/s1. The molecule has 3 aromatic rings. The lowest BCUT2D eigenvalue weighted by molar-refractivity contribution is 0.0954. The van der Waals surface area contributed by atoms with E-state index >= 15 is 0 Å². The Morgan fingerprint density at radius 1 is 1.15 bits per heavy atom. The number of hydrogen-bond donors (Lipinski definition) is 5. The summed E-state index contributed by atoms with van der Waals surface area (Å²) < 4.78 is 0. The number of β-amino-alcohol motifs (C(OH)–C–C–N with tert-alkyl or cyclic N) is 1. The maximum Gasteiger partial charge on any atom is 0.251 e. The smallest absolute Gasteiger partial charge is 0.251 e. The zero-order valence-corrected chi connectivity index (χ0v) is 20.0. The maximum absolute atomic E-state index is 12.7. The Bertz CT molecular complexity index is 1110. The number of aliphatic hydroxyl groups is 1. The fourth-order valence-electron chi connectivity index (χ4n) is 3.87. The predicted octanol–water partition coefficient (Wildman–Crippen LogP) is 3.29. The molecule has 7 nitrogen and oxygen atoms in total. The van der Waals surface area contributed by atoms with Crippen molar-refractivity contribution < 1.29 is 15.0 Å². The van der Waals surface area contributed by atoms with Crippen molar-refractivity contribution in [1.82, 2.24) is 15.6 Å². The van der Waals surface area contributed by atoms with Crippen molar-refractivity contribution >= 4 is 11.7 Å². The lowest BCUT2D eigenvalue weighted by Crippen LogP contribution is -2.43. The highest BCUT2D eigenvalue weighted by atomic mass is 16.3. The number of aromatic nitrogens is 1. The maximum atomic E-state index is 12.7. The number of hydrogen-bond acceptors (Lipinski definition) is 6. The molecular formula is C27H34N4O3. The molecule has 1 heterocycles. The van der Waals surface area contributed by atoms with Crippen LogP contribution in [0.2, 0.25) is 0 Å². The van der Waals surface area contributed by atoms with Crippen molar-refractivity contribution in [3.8, 4) is 5.75 Å². The van der Waals surface area contributed by atoms with Crippen molar-refractivity contribution in [3.63, 3.8) is 0 Å². The van der Waals surface area contributed by atoms with Crippen molar-refractivity contribution in [2.24, 2.45) is 0 Å². The van der Waals surface area contributed by atoms with Crippen LogP contribution in [0.5, 0.6) is 5.75 Å². The minimum Gasteiger partial charge on any atom is -0.508 e. The minimum absolute atomic E-state index is 0.115. The Labute approximate surface area is 201 Å². The first-order valence-corrected chi connectivity index (χ1v) is 11.4. The van der Waals surface area contributed by atoms with Gasteiger partial charge in [-0.05, 0) is 80.6 Å². The highest BCUT2D eigenvalue weighted by Crippen LogP contribution is 2.18. The Balaban J connectivity index is 1.52. The fourth-order valence-corrected chi connectivity index (χ4v) is 3.87. The number of carbonyl (C=O) groups excluding carboxylic acids is 1. The number of pyridine rings is 1. The van der Waals surface area contributed by atoms with Gasteiger partial charge in [0, 0.05) is 36.0 Å². The van der Waals surface area contributed by atoms with Gasteiger partial charge in [0.15, 0.2) is 0 Å². The number of nitrogens with one attached hydrogen (secondary N) is 2. The molecule has 3 rings (SSSR count). The van der Waals surface area contributed by atoms with E-state index in [1.807, 2.05) is 37.3 Å². The quantitative estimate of drug-likeness (QED) is 0.315. The van der Waals surface area contributed by atoms with Crippen molar-refractivity contribution in [1.29, 1.82) is 0 Å². The van der Waals surface area contributed by atoms with E-state index in [2.05, 4.69) is 29.5 Å². The van der Waals surface area contributed by atoms with E-state index in [4.69, 9.17) is 5.73 Å². The van der Waals surface area contributed by atoms with Crippen LogP contribution in [0.15, 0.2) is 60.8 Å². The summed E-state index contributed by atoms with van der Waals surface area (Å²) in [5, 5.41) is 26.4. The second-order valence-electron chi connectivity index (χ2n) is 9.29. The number of nitrogens with two attached hydrogens (primary N) is 1. The predicted molar refractivity (Wildman–Crippen MR) is 135 cm³/mol. The van der Waals surface area contributed by atoms with E-state index in [1.165, 1.54) is 0 Å². The number of aliphatic hydroxyl groups excluding tert-OH is 1. The van der Waals surface area contributed by atoms with Crippen LogP contribution < -0.4 is 16.4 Å². The molecule has 7 heteroatoms. The molecule has 1 amide bonds. The Kier molecular flexibility index (Phi) is 8.26. The molecule has 1 atom stereocenters. The monoisotopic (exact) mass is 462 g/mol. The van der Waals surface area contributed by atoms with Gasteiger partial charge in [0.25, 0.3) is 5.91 Å². The molecule has 0 spiro atoms. The van der Waals surface area contributed by atoms with Crippen molar-refractivity contribution in [2.75, 3.05) is 18.8 Å². The number of phenols is 1. The number of anilines is 1. The molecule has 0 fully saturated rings. The zero-order valence-electron chi connectivity index (χ0n) is 20.0. The van der Waals surface area contributed by atoms with Crippen LogP contribution in [-0.2, 0) is 12.8 Å². The van der Waals surface area contributed by atoms with Gasteiger partial charge in [-0.3, -0.25) is 4.79 Å². The van der Waals surface area contributed by atoms with E-state index < -0.39 is 6.10 Å². The van der Waals surface area contributed by atoms with E-state index in [-0.39, 0.29) is 17.2 Å². The third kappa shape index (κ3) is 7.30. The molecule has 34 heavy (non-hydrogen) atoms. The summed E-state index contributed by atoms with van der Waals surface area (Å²) in [6.45, 7) is 6.96. The topological polar surface area (TPSA) is 120 Å². The largest absolute Gasteiger partial charge is 0.508 e. The van der Waals surface area contributed by atoms with E-state index in [1.54, 1.807) is 30.5 Å². The molecule has 180 valence electrons. The van der Waals surface area contributed by atoms with Crippen molar-refractivity contribution in [3.05, 3.63) is 88.6 Å². The Morgan fingerprint density at radius 2 is 1.94 bits per heavy atom. The highest BCUT2D eigenvalue weighted by Gasteiger charge is 2.20. The SMILES string of the molecule is Cc1cc(O)ccc1CCNC(=O)c1cccc(CC(C)(C)NC[C@@H](O)c2ccc(N)nc2)c1. The average Bonchev–Trinajstić information content (AvgIpc) is 2.79. The summed E-state index contributed by atoms with van der Waals surface area (Å²) >= 11 is 0. The van der Waals surface area contributed by atoms with Gasteiger partial charge in [-0.1, -0.05) is 24.3 Å². The second-order valence-corrected chi connectivity index (χ2v) is 9.29. The van der Waals surface area contributed by atoms with Crippen LogP contribution in [-0.4, -0.2) is 39.7 Å². The molecule has 0 aliphatic rings. The van der Waals surface area contributed by atoms with Crippen LogP contribution in [0.1, 0.15) is 52.6 Å². The molecule has 6 N–H and O–H groups in total. The summed E-state index contributed by atoms with van der Waals surface area (Å²) in [6.07, 6.45) is 2.27. The number of rotatable bonds is 10. The van der Waals surface area contributed by atoms with Gasteiger partial charge in [-0.15, -0.1) is 0 Å². The lowest BCUT2D eigenvalue weighted by atomic mass is 9.93. The summed E-state index contributed by atoms with van der Waals surface area (Å²) in [4.78, 5) is 16.7. The van der Waals surface area contributed by atoms with E-state index in [9.17, 15) is 15.0 Å². The number of nitrogens with zero attached hydrogens (tertiary/aromatic N) is 1. The molecule has 1 aromatic heterocycles. The molecule has 0 saturated heterocycles. The zero-order chi connectivity index (χ0) is 24.7. The number of nitrogen functional groups attached to an aromatic ring is 1. The Morgan fingerprint density at radius 3 is 2.65 bits per heavy atom. The van der Waals surface area contributed by atoms with Crippen LogP contribution in [0, 0.1) is 6.92 Å². The second kappa shape index (κ2) is 11.1. The molecule has 0 bridgehead atoms. The van der Waals surface area contributed by atoms with Crippen molar-refractivity contribution in [2.45, 2.75) is 45.3 Å². The normalized spacial score (nSPS) is 12.4. The first kappa shape index (κ1) is 25.2. The van der Waals surface area contributed by atoms with Gasteiger partial charge in [0.05, 0.1) is 6.10 Å². The molecule has 0 unspecified atom stereocenters. The molecule has 0 aliphatic carbocycles. The summed E-state index contributed by atoms with van der Waals surface area (Å²) in [5.74, 6) is 0.551.